The Morgan fingerprint density at radius 2 is 1.95 bits per heavy atom. The number of nitrogens with zero attached hydrogens (tertiary/aromatic N) is 1. The van der Waals surface area contributed by atoms with Crippen molar-refractivity contribution in [2.75, 3.05) is 5.43 Å². The van der Waals surface area contributed by atoms with Gasteiger partial charge in [-0.2, -0.15) is 5.10 Å². The van der Waals surface area contributed by atoms with Crippen molar-refractivity contribution in [2.24, 2.45) is 5.10 Å². The first kappa shape index (κ1) is 12.3. The van der Waals surface area contributed by atoms with Crippen molar-refractivity contribution in [1.82, 2.24) is 0 Å². The van der Waals surface area contributed by atoms with Crippen LogP contribution in [0.1, 0.15) is 12.5 Å². The highest BCUT2D eigenvalue weighted by atomic mass is 16.3. The molecule has 0 atom stereocenters. The molecule has 0 aliphatic carbocycles. The third-order valence-corrected chi connectivity index (χ3v) is 3.07. The molecule has 0 radical (unpaired) electrons. The Bertz CT molecular complexity index is 761. The zero-order valence-electron chi connectivity index (χ0n) is 11.0. The van der Waals surface area contributed by atoms with Crippen molar-refractivity contribution in [3.8, 4) is 5.75 Å². The van der Waals surface area contributed by atoms with Gasteiger partial charge in [-0.3, -0.25) is 5.43 Å². The second-order valence-electron chi connectivity index (χ2n) is 4.50. The van der Waals surface area contributed by atoms with Crippen molar-refractivity contribution >= 4 is 22.4 Å². The lowest BCUT2D eigenvalue weighted by atomic mass is 10.1. The maximum Gasteiger partial charge on any atom is 0.134 e. The zero-order chi connectivity index (χ0) is 13.9. The molecule has 0 aliphatic heterocycles. The van der Waals surface area contributed by atoms with Gasteiger partial charge in [0.25, 0.3) is 0 Å². The van der Waals surface area contributed by atoms with Gasteiger partial charge in [0.15, 0.2) is 0 Å². The summed E-state index contributed by atoms with van der Waals surface area (Å²) in [5, 5.41) is 14.8. The van der Waals surface area contributed by atoms with Crippen LogP contribution >= 0.6 is 0 Å². The van der Waals surface area contributed by atoms with E-state index in [-0.39, 0.29) is 5.75 Å². The molecule has 0 fully saturated rings. The molecule has 4 nitrogen and oxygen atoms in total. The summed E-state index contributed by atoms with van der Waals surface area (Å²) in [5.41, 5.74) is 6.29. The van der Waals surface area contributed by atoms with E-state index in [0.29, 0.717) is 0 Å². The number of hydrogen-bond donors (Lipinski definition) is 2. The highest BCUT2D eigenvalue weighted by Crippen LogP contribution is 2.25. The Hall–Kier alpha value is -2.75. The van der Waals surface area contributed by atoms with Gasteiger partial charge in [-0.15, -0.1) is 0 Å². The van der Waals surface area contributed by atoms with Crippen molar-refractivity contribution < 1.29 is 9.52 Å². The number of anilines is 1. The van der Waals surface area contributed by atoms with Gasteiger partial charge in [-0.05, 0) is 37.3 Å². The number of nitrogens with one attached hydrogen (secondary N) is 1. The lowest BCUT2D eigenvalue weighted by Gasteiger charge is -2.02. The van der Waals surface area contributed by atoms with Gasteiger partial charge >= 0.3 is 0 Å². The van der Waals surface area contributed by atoms with E-state index >= 15 is 0 Å². The number of benzene rings is 2. The van der Waals surface area contributed by atoms with Crippen molar-refractivity contribution in [3.63, 3.8) is 0 Å². The molecule has 2 N–H and O–H groups in total. The van der Waals surface area contributed by atoms with E-state index < -0.39 is 0 Å². The van der Waals surface area contributed by atoms with E-state index in [1.807, 2.05) is 37.3 Å². The first-order valence-electron chi connectivity index (χ1n) is 6.30. The molecule has 0 amide bonds. The molecule has 1 aromatic heterocycles. The Kier molecular flexibility index (Phi) is 3.13. The molecule has 0 bridgehead atoms. The second-order valence-corrected chi connectivity index (χ2v) is 4.50. The lowest BCUT2D eigenvalue weighted by Crippen LogP contribution is -1.98. The molecular formula is C16H14N2O2. The predicted octanol–water partition coefficient (Wildman–Crippen LogP) is 3.97. The number of rotatable bonds is 3. The molecule has 20 heavy (non-hydrogen) atoms. The molecule has 0 unspecified atom stereocenters. The third kappa shape index (κ3) is 2.36. The highest BCUT2D eigenvalue weighted by Gasteiger charge is 2.09. The molecule has 4 heteroatoms. The van der Waals surface area contributed by atoms with E-state index in [4.69, 9.17) is 4.42 Å². The summed E-state index contributed by atoms with van der Waals surface area (Å²) in [7, 11) is 0. The van der Waals surface area contributed by atoms with Gasteiger partial charge in [0.2, 0.25) is 0 Å². The van der Waals surface area contributed by atoms with Crippen LogP contribution in [0, 0.1) is 0 Å². The lowest BCUT2D eigenvalue weighted by molar-refractivity contribution is 0.476. The molecule has 1 heterocycles. The van der Waals surface area contributed by atoms with E-state index in [0.717, 1.165) is 27.9 Å². The van der Waals surface area contributed by atoms with Crippen LogP contribution in [-0.2, 0) is 0 Å². The number of para-hydroxylation sites is 1. The quantitative estimate of drug-likeness (QED) is 0.557. The van der Waals surface area contributed by atoms with Gasteiger partial charge in [-0.1, -0.05) is 18.2 Å². The van der Waals surface area contributed by atoms with Gasteiger partial charge in [-0.25, -0.2) is 0 Å². The Balaban J connectivity index is 1.92. The third-order valence-electron chi connectivity index (χ3n) is 3.07. The topological polar surface area (TPSA) is 57.8 Å². The molecule has 3 aromatic rings. The van der Waals surface area contributed by atoms with E-state index in [9.17, 15) is 5.11 Å². The average Bonchev–Trinajstić information content (AvgIpc) is 2.89. The van der Waals surface area contributed by atoms with Crippen LogP contribution in [-0.4, -0.2) is 10.8 Å². The maximum absolute atomic E-state index is 9.57. The number of hydrogen-bond acceptors (Lipinski definition) is 4. The summed E-state index contributed by atoms with van der Waals surface area (Å²) in [4.78, 5) is 0. The minimum atomic E-state index is 0.212. The number of hydrazone groups is 1. The normalized spacial score (nSPS) is 11.8. The largest absolute Gasteiger partial charge is 0.508 e. The first-order valence-corrected chi connectivity index (χ1v) is 6.30. The van der Waals surface area contributed by atoms with Crippen molar-refractivity contribution in [3.05, 3.63) is 60.4 Å². The standard InChI is InChI=1S/C16H14N2O2/c1-11(17-18-12-5-3-2-4-6-12)15-10-20-16-8-7-13(19)9-14(15)16/h2-10,18-19H,1H3/b17-11-. The summed E-state index contributed by atoms with van der Waals surface area (Å²) >= 11 is 0. The molecule has 2 aromatic carbocycles. The van der Waals surface area contributed by atoms with Crippen molar-refractivity contribution in [1.29, 1.82) is 0 Å². The van der Waals surface area contributed by atoms with E-state index in [1.54, 1.807) is 24.5 Å². The molecule has 100 valence electrons. The average molecular weight is 266 g/mol. The number of fused-ring (bicyclic) bond motifs is 1. The molecular weight excluding hydrogens is 252 g/mol. The molecule has 0 saturated heterocycles. The number of phenols is 1. The molecule has 0 saturated carbocycles. The van der Waals surface area contributed by atoms with Gasteiger partial charge in [0.05, 0.1) is 11.4 Å². The van der Waals surface area contributed by atoms with Crippen LogP contribution in [0.15, 0.2) is 64.3 Å². The highest BCUT2D eigenvalue weighted by molar-refractivity contribution is 6.09. The van der Waals surface area contributed by atoms with Gasteiger partial charge in [0, 0.05) is 10.9 Å². The number of phenolic OH excluding ortho intramolecular Hbond substituents is 1. The van der Waals surface area contributed by atoms with E-state index in [1.165, 1.54) is 0 Å². The Morgan fingerprint density at radius 1 is 1.15 bits per heavy atom. The minimum absolute atomic E-state index is 0.212. The Morgan fingerprint density at radius 3 is 2.75 bits per heavy atom. The fourth-order valence-electron chi connectivity index (χ4n) is 2.02. The van der Waals surface area contributed by atoms with Crippen LogP contribution in [0.5, 0.6) is 5.75 Å². The fourth-order valence-corrected chi connectivity index (χ4v) is 2.02. The van der Waals surface area contributed by atoms with Crippen LogP contribution in [0.2, 0.25) is 0 Å². The van der Waals surface area contributed by atoms with Crippen LogP contribution in [0.4, 0.5) is 5.69 Å². The van der Waals surface area contributed by atoms with Crippen LogP contribution < -0.4 is 5.43 Å². The maximum atomic E-state index is 9.57. The van der Waals surface area contributed by atoms with Gasteiger partial charge < -0.3 is 9.52 Å². The summed E-state index contributed by atoms with van der Waals surface area (Å²) < 4.78 is 5.46. The summed E-state index contributed by atoms with van der Waals surface area (Å²) in [6.07, 6.45) is 1.65. The summed E-state index contributed by atoms with van der Waals surface area (Å²) in [5.74, 6) is 0.212. The summed E-state index contributed by atoms with van der Waals surface area (Å²) in [6.45, 7) is 1.89. The van der Waals surface area contributed by atoms with E-state index in [2.05, 4.69) is 10.5 Å². The SMILES string of the molecule is C/C(=N/Nc1ccccc1)c1coc2ccc(O)cc12. The number of furan rings is 1. The van der Waals surface area contributed by atoms with Crippen molar-refractivity contribution in [2.45, 2.75) is 6.92 Å². The molecule has 0 spiro atoms. The molecule has 0 aliphatic rings. The zero-order valence-corrected chi connectivity index (χ0v) is 11.0. The van der Waals surface area contributed by atoms with Crippen LogP contribution in [0.3, 0.4) is 0 Å². The second kappa shape index (κ2) is 5.09. The predicted molar refractivity (Wildman–Crippen MR) is 80.2 cm³/mol. The number of aromatic hydroxyl groups is 1. The van der Waals surface area contributed by atoms with Gasteiger partial charge in [0.1, 0.15) is 17.6 Å². The van der Waals surface area contributed by atoms with Crippen LogP contribution in [0.25, 0.3) is 11.0 Å². The summed E-state index contributed by atoms with van der Waals surface area (Å²) in [6, 6.07) is 14.7. The minimum Gasteiger partial charge on any atom is -0.508 e. The monoisotopic (exact) mass is 266 g/mol. The molecule has 3 rings (SSSR count). The smallest absolute Gasteiger partial charge is 0.134 e. The fraction of sp³-hybridized carbons (Fsp3) is 0.0625. The first-order chi connectivity index (χ1) is 9.74. The Labute approximate surface area is 116 Å².